The highest BCUT2D eigenvalue weighted by molar-refractivity contribution is 5.95. The van der Waals surface area contributed by atoms with Crippen LogP contribution in [-0.2, 0) is 7.05 Å². The van der Waals surface area contributed by atoms with Gasteiger partial charge in [0, 0.05) is 25.8 Å². The highest BCUT2D eigenvalue weighted by Gasteiger charge is 2.25. The average Bonchev–Trinajstić information content (AvgIpc) is 2.59. The number of aliphatic hydroxyl groups is 1. The number of nitrogens with zero attached hydrogens (tertiary/aromatic N) is 3. The van der Waals surface area contributed by atoms with Gasteiger partial charge in [0.15, 0.2) is 0 Å². The molecule has 16 heavy (non-hydrogen) atoms. The summed E-state index contributed by atoms with van der Waals surface area (Å²) in [4.78, 5) is 13.8. The Bertz CT molecular complexity index is 400. The van der Waals surface area contributed by atoms with Crippen molar-refractivity contribution in [3.63, 3.8) is 0 Å². The third kappa shape index (κ3) is 1.95. The number of aryl methyl sites for hydroxylation is 1. The molecule has 2 rings (SSSR count). The van der Waals surface area contributed by atoms with Crippen LogP contribution in [0.2, 0.25) is 0 Å². The third-order valence-electron chi connectivity index (χ3n) is 3.15. The van der Waals surface area contributed by atoms with Gasteiger partial charge in [-0.3, -0.25) is 9.48 Å². The minimum atomic E-state index is -0.380. The molecule has 0 spiro atoms. The molecule has 0 aliphatic carbocycles. The number of hydrogen-bond acceptors (Lipinski definition) is 3. The Morgan fingerprint density at radius 1 is 1.62 bits per heavy atom. The number of aliphatic hydroxyl groups excluding tert-OH is 1. The smallest absolute Gasteiger partial charge is 0.257 e. The number of carbonyl (C=O) groups excluding carboxylic acids is 1. The van der Waals surface area contributed by atoms with Crippen molar-refractivity contribution in [2.45, 2.75) is 25.9 Å². The van der Waals surface area contributed by atoms with E-state index in [0.29, 0.717) is 12.1 Å². The second kappa shape index (κ2) is 4.25. The molecule has 1 fully saturated rings. The van der Waals surface area contributed by atoms with Crippen LogP contribution < -0.4 is 0 Å². The number of rotatable bonds is 1. The predicted octanol–water partition coefficient (Wildman–Crippen LogP) is 0.325. The topological polar surface area (TPSA) is 58.4 Å². The number of hydrogen-bond donors (Lipinski definition) is 1. The van der Waals surface area contributed by atoms with E-state index in [-0.39, 0.29) is 12.0 Å². The van der Waals surface area contributed by atoms with Crippen molar-refractivity contribution < 1.29 is 9.90 Å². The van der Waals surface area contributed by atoms with E-state index >= 15 is 0 Å². The summed E-state index contributed by atoms with van der Waals surface area (Å²) in [5.41, 5.74) is 1.50. The van der Waals surface area contributed by atoms with Crippen LogP contribution in [0.25, 0.3) is 0 Å². The fourth-order valence-corrected chi connectivity index (χ4v) is 2.02. The molecule has 0 aromatic carbocycles. The van der Waals surface area contributed by atoms with Crippen molar-refractivity contribution >= 4 is 5.91 Å². The quantitative estimate of drug-likeness (QED) is 0.746. The molecule has 0 unspecified atom stereocenters. The number of piperidine rings is 1. The fraction of sp³-hybridized carbons (Fsp3) is 0.636. The maximum absolute atomic E-state index is 12.1. The van der Waals surface area contributed by atoms with Gasteiger partial charge in [0.05, 0.1) is 17.9 Å². The van der Waals surface area contributed by atoms with Crippen molar-refractivity contribution in [3.8, 4) is 0 Å². The monoisotopic (exact) mass is 223 g/mol. The Hall–Kier alpha value is -1.36. The molecular formula is C11H17N3O2. The maximum atomic E-state index is 12.1. The lowest BCUT2D eigenvalue weighted by Crippen LogP contribution is -2.42. The van der Waals surface area contributed by atoms with Crippen molar-refractivity contribution in [1.82, 2.24) is 14.7 Å². The van der Waals surface area contributed by atoms with Crippen molar-refractivity contribution in [3.05, 3.63) is 17.5 Å². The molecule has 0 bridgehead atoms. The lowest BCUT2D eigenvalue weighted by Gasteiger charge is -2.29. The van der Waals surface area contributed by atoms with Gasteiger partial charge >= 0.3 is 0 Å². The van der Waals surface area contributed by atoms with Crippen LogP contribution in [0.4, 0.5) is 0 Å². The van der Waals surface area contributed by atoms with Crippen LogP contribution in [0.5, 0.6) is 0 Å². The van der Waals surface area contributed by atoms with Crippen molar-refractivity contribution in [2.24, 2.45) is 7.05 Å². The summed E-state index contributed by atoms with van der Waals surface area (Å²) in [6.07, 6.45) is 2.87. The minimum absolute atomic E-state index is 0.0237. The summed E-state index contributed by atoms with van der Waals surface area (Å²) in [6, 6.07) is 0. The highest BCUT2D eigenvalue weighted by Crippen LogP contribution is 2.15. The van der Waals surface area contributed by atoms with Crippen LogP contribution in [0.1, 0.15) is 28.9 Å². The molecule has 2 heterocycles. The van der Waals surface area contributed by atoms with Crippen molar-refractivity contribution in [1.29, 1.82) is 0 Å². The zero-order valence-corrected chi connectivity index (χ0v) is 9.68. The summed E-state index contributed by atoms with van der Waals surface area (Å²) in [7, 11) is 1.82. The van der Waals surface area contributed by atoms with E-state index in [9.17, 15) is 9.90 Å². The lowest BCUT2D eigenvalue weighted by atomic mass is 10.1. The lowest BCUT2D eigenvalue weighted by molar-refractivity contribution is 0.0473. The first-order valence-corrected chi connectivity index (χ1v) is 5.55. The molecule has 1 N–H and O–H groups in total. The van der Waals surface area contributed by atoms with E-state index in [1.165, 1.54) is 0 Å². The molecule has 1 amide bonds. The molecule has 1 aromatic rings. The van der Waals surface area contributed by atoms with Gasteiger partial charge in [0.2, 0.25) is 0 Å². The second-order valence-electron chi connectivity index (χ2n) is 4.31. The van der Waals surface area contributed by atoms with Gasteiger partial charge in [-0.05, 0) is 19.8 Å². The van der Waals surface area contributed by atoms with Gasteiger partial charge in [-0.15, -0.1) is 0 Å². The van der Waals surface area contributed by atoms with Crippen LogP contribution in [0, 0.1) is 6.92 Å². The molecular weight excluding hydrogens is 206 g/mol. The summed E-state index contributed by atoms with van der Waals surface area (Å²) in [5, 5.41) is 13.6. The van der Waals surface area contributed by atoms with Gasteiger partial charge in [-0.2, -0.15) is 5.10 Å². The first-order chi connectivity index (χ1) is 7.59. The number of amides is 1. The number of carbonyl (C=O) groups is 1. The molecule has 1 aliphatic heterocycles. The Kier molecular flexibility index (Phi) is 2.96. The van der Waals surface area contributed by atoms with Gasteiger partial charge in [0.25, 0.3) is 5.91 Å². The summed E-state index contributed by atoms with van der Waals surface area (Å²) in [5.74, 6) is -0.0237. The van der Waals surface area contributed by atoms with E-state index < -0.39 is 0 Å². The van der Waals surface area contributed by atoms with Crippen LogP contribution in [-0.4, -0.2) is 44.9 Å². The van der Waals surface area contributed by atoms with Crippen LogP contribution >= 0.6 is 0 Å². The van der Waals surface area contributed by atoms with E-state index in [1.807, 2.05) is 14.0 Å². The number of β-amino-alcohol motifs (C(OH)–C–C–N with tert-alkyl or cyclic N) is 1. The molecule has 5 heteroatoms. The molecule has 1 atom stereocenters. The first-order valence-electron chi connectivity index (χ1n) is 5.55. The zero-order chi connectivity index (χ0) is 11.7. The second-order valence-corrected chi connectivity index (χ2v) is 4.31. The maximum Gasteiger partial charge on any atom is 0.257 e. The fourth-order valence-electron chi connectivity index (χ4n) is 2.02. The van der Waals surface area contributed by atoms with E-state index in [0.717, 1.165) is 25.1 Å². The molecule has 88 valence electrons. The minimum Gasteiger partial charge on any atom is -0.391 e. The Morgan fingerprint density at radius 2 is 2.38 bits per heavy atom. The average molecular weight is 223 g/mol. The largest absolute Gasteiger partial charge is 0.391 e. The Morgan fingerprint density at radius 3 is 2.94 bits per heavy atom. The number of likely N-dealkylation sites (tertiary alicyclic amines) is 1. The standard InChI is InChI=1S/C11H17N3O2/c1-8-10(6-12-13(8)2)11(16)14-5-3-4-9(15)7-14/h6,9,15H,3-5,7H2,1-2H3/t9-/m0/s1. The number of aromatic nitrogens is 2. The molecule has 1 aliphatic rings. The summed E-state index contributed by atoms with van der Waals surface area (Å²) in [6.45, 7) is 3.04. The zero-order valence-electron chi connectivity index (χ0n) is 9.68. The SMILES string of the molecule is Cc1c(C(=O)N2CCC[C@H](O)C2)cnn1C. The van der Waals surface area contributed by atoms with E-state index in [1.54, 1.807) is 15.8 Å². The summed E-state index contributed by atoms with van der Waals surface area (Å²) >= 11 is 0. The Labute approximate surface area is 94.7 Å². The van der Waals surface area contributed by atoms with Gasteiger partial charge in [-0.1, -0.05) is 0 Å². The van der Waals surface area contributed by atoms with Gasteiger partial charge in [-0.25, -0.2) is 0 Å². The van der Waals surface area contributed by atoms with Crippen molar-refractivity contribution in [2.75, 3.05) is 13.1 Å². The first kappa shape index (κ1) is 11.1. The van der Waals surface area contributed by atoms with Gasteiger partial charge < -0.3 is 10.0 Å². The predicted molar refractivity (Wildman–Crippen MR) is 59.1 cm³/mol. The third-order valence-corrected chi connectivity index (χ3v) is 3.15. The highest BCUT2D eigenvalue weighted by atomic mass is 16.3. The normalized spacial score (nSPS) is 21.2. The molecule has 5 nitrogen and oxygen atoms in total. The van der Waals surface area contributed by atoms with E-state index in [4.69, 9.17) is 0 Å². The Balaban J connectivity index is 2.15. The van der Waals surface area contributed by atoms with Gasteiger partial charge in [0.1, 0.15) is 0 Å². The van der Waals surface area contributed by atoms with Crippen LogP contribution in [0.15, 0.2) is 6.20 Å². The molecule has 1 aromatic heterocycles. The molecule has 0 saturated carbocycles. The summed E-state index contributed by atoms with van der Waals surface area (Å²) < 4.78 is 1.69. The molecule has 1 saturated heterocycles. The van der Waals surface area contributed by atoms with Crippen LogP contribution in [0.3, 0.4) is 0 Å². The van der Waals surface area contributed by atoms with E-state index in [2.05, 4.69) is 5.10 Å². The molecule has 0 radical (unpaired) electrons.